The van der Waals surface area contributed by atoms with Crippen molar-refractivity contribution in [1.29, 1.82) is 0 Å². The zero-order chi connectivity index (χ0) is 21.9. The summed E-state index contributed by atoms with van der Waals surface area (Å²) in [4.78, 5) is 24.2. The van der Waals surface area contributed by atoms with E-state index < -0.39 is 41.0 Å². The van der Waals surface area contributed by atoms with Gasteiger partial charge in [-0.3, -0.25) is 14.7 Å². The minimum Gasteiger partial charge on any atom is -0.383 e. The smallest absolute Gasteiger partial charge is 0.249 e. The molecule has 4 N–H and O–H groups in total. The highest BCUT2D eigenvalue weighted by Crippen LogP contribution is 2.32. The molecule has 1 heterocycles. The van der Waals surface area contributed by atoms with Crippen LogP contribution in [-0.2, 0) is 15.0 Å². The molecule has 2 amide bonds. The fraction of sp³-hybridized carbons (Fsp3) is 0.450. The maximum atomic E-state index is 13.6. The van der Waals surface area contributed by atoms with Crippen LogP contribution in [0.4, 0.5) is 14.6 Å². The first-order valence-corrected chi connectivity index (χ1v) is 9.23. The second-order valence-electron chi connectivity index (χ2n) is 7.86. The Hall–Kier alpha value is -2.81. The zero-order valence-corrected chi connectivity index (χ0v) is 17.0. The van der Waals surface area contributed by atoms with Crippen molar-refractivity contribution in [1.82, 2.24) is 15.5 Å². The normalized spacial score (nSPS) is 13.8. The molecule has 29 heavy (non-hydrogen) atoms. The molecular weight excluding hydrogens is 382 g/mol. The highest BCUT2D eigenvalue weighted by molar-refractivity contribution is 5.96. The van der Waals surface area contributed by atoms with E-state index >= 15 is 0 Å². The van der Waals surface area contributed by atoms with Gasteiger partial charge in [0.05, 0.1) is 0 Å². The SMILES string of the molecule is CC(C)[C@H](O)C(=O)N[C@@H](C)C(=O)Nc1cc(C(C)(C)c2cc(F)cc(F)c2)[nH]n1. The zero-order valence-electron chi connectivity index (χ0n) is 17.0. The molecule has 9 heteroatoms. The van der Waals surface area contributed by atoms with Crippen LogP contribution in [0, 0.1) is 17.6 Å². The molecule has 0 saturated heterocycles. The van der Waals surface area contributed by atoms with Gasteiger partial charge in [-0.1, -0.05) is 27.7 Å². The molecule has 2 aromatic rings. The Morgan fingerprint density at radius 3 is 2.21 bits per heavy atom. The lowest BCUT2D eigenvalue weighted by Crippen LogP contribution is -2.47. The molecule has 0 aliphatic rings. The maximum absolute atomic E-state index is 13.6. The number of hydrogen-bond acceptors (Lipinski definition) is 4. The van der Waals surface area contributed by atoms with E-state index in [1.807, 2.05) is 0 Å². The van der Waals surface area contributed by atoms with Gasteiger partial charge in [-0.15, -0.1) is 0 Å². The molecule has 1 aromatic heterocycles. The molecule has 1 aromatic carbocycles. The van der Waals surface area contributed by atoms with Crippen LogP contribution in [0.2, 0.25) is 0 Å². The van der Waals surface area contributed by atoms with Gasteiger partial charge in [-0.05, 0) is 30.5 Å². The average molecular weight is 408 g/mol. The number of benzene rings is 1. The molecule has 2 rings (SSSR count). The van der Waals surface area contributed by atoms with Crippen molar-refractivity contribution in [3.63, 3.8) is 0 Å². The van der Waals surface area contributed by atoms with Gasteiger partial charge < -0.3 is 15.7 Å². The summed E-state index contributed by atoms with van der Waals surface area (Å²) in [6, 6.07) is 3.92. The summed E-state index contributed by atoms with van der Waals surface area (Å²) in [5.41, 5.74) is 0.129. The molecule has 0 aliphatic carbocycles. The summed E-state index contributed by atoms with van der Waals surface area (Å²) in [6.45, 7) is 8.37. The Balaban J connectivity index is 2.09. The number of rotatable bonds is 7. The van der Waals surface area contributed by atoms with E-state index in [1.165, 1.54) is 19.1 Å². The van der Waals surface area contributed by atoms with E-state index in [0.717, 1.165) is 6.07 Å². The van der Waals surface area contributed by atoms with Gasteiger partial charge in [-0.25, -0.2) is 8.78 Å². The number of carbonyl (C=O) groups is 2. The summed E-state index contributed by atoms with van der Waals surface area (Å²) >= 11 is 0. The third kappa shape index (κ3) is 5.38. The third-order valence-corrected chi connectivity index (χ3v) is 4.74. The van der Waals surface area contributed by atoms with Gasteiger partial charge in [0.1, 0.15) is 23.8 Å². The summed E-state index contributed by atoms with van der Waals surface area (Å²) < 4.78 is 27.2. The number of anilines is 1. The molecular formula is C20H26F2N4O3. The number of H-pyrrole nitrogens is 1. The topological polar surface area (TPSA) is 107 Å². The summed E-state index contributed by atoms with van der Waals surface area (Å²) in [5, 5.41) is 21.5. The number of carbonyl (C=O) groups excluding carboxylic acids is 2. The average Bonchev–Trinajstić information content (AvgIpc) is 3.09. The van der Waals surface area contributed by atoms with Gasteiger partial charge in [0.15, 0.2) is 5.82 Å². The first-order valence-electron chi connectivity index (χ1n) is 9.23. The lowest BCUT2D eigenvalue weighted by Gasteiger charge is -2.23. The number of halogens is 2. The van der Waals surface area contributed by atoms with E-state index in [1.54, 1.807) is 33.8 Å². The van der Waals surface area contributed by atoms with Crippen LogP contribution in [0.3, 0.4) is 0 Å². The molecule has 0 spiro atoms. The van der Waals surface area contributed by atoms with E-state index in [-0.39, 0.29) is 11.7 Å². The number of amides is 2. The second-order valence-corrected chi connectivity index (χ2v) is 7.86. The quantitative estimate of drug-likeness (QED) is 0.565. The monoisotopic (exact) mass is 408 g/mol. The van der Waals surface area contributed by atoms with Gasteiger partial charge in [0, 0.05) is 23.2 Å². The Labute approximate surface area is 167 Å². The minimum atomic E-state index is -1.21. The number of nitrogens with zero attached hydrogens (tertiary/aromatic N) is 1. The molecule has 0 unspecified atom stereocenters. The van der Waals surface area contributed by atoms with Gasteiger partial charge in [0.2, 0.25) is 11.8 Å². The molecule has 2 atom stereocenters. The molecule has 158 valence electrons. The van der Waals surface area contributed by atoms with Gasteiger partial charge in [0.25, 0.3) is 0 Å². The number of hydrogen-bond donors (Lipinski definition) is 4. The minimum absolute atomic E-state index is 0.195. The fourth-order valence-electron chi connectivity index (χ4n) is 2.68. The summed E-state index contributed by atoms with van der Waals surface area (Å²) in [6.07, 6.45) is -1.21. The first-order chi connectivity index (χ1) is 13.4. The highest BCUT2D eigenvalue weighted by atomic mass is 19.1. The van der Waals surface area contributed by atoms with Crippen molar-refractivity contribution in [3.05, 3.63) is 47.2 Å². The largest absolute Gasteiger partial charge is 0.383 e. The van der Waals surface area contributed by atoms with E-state index in [9.17, 15) is 23.5 Å². The van der Waals surface area contributed by atoms with Crippen molar-refractivity contribution in [2.75, 3.05) is 5.32 Å². The van der Waals surface area contributed by atoms with Crippen LogP contribution in [0.15, 0.2) is 24.3 Å². The highest BCUT2D eigenvalue weighted by Gasteiger charge is 2.28. The number of aliphatic hydroxyl groups is 1. The number of aliphatic hydroxyl groups excluding tert-OH is 1. The number of aromatic amines is 1. The van der Waals surface area contributed by atoms with Crippen LogP contribution in [0.5, 0.6) is 0 Å². The van der Waals surface area contributed by atoms with Crippen molar-refractivity contribution in [2.24, 2.45) is 5.92 Å². The molecule has 0 bridgehead atoms. The molecule has 7 nitrogen and oxygen atoms in total. The standard InChI is InChI=1S/C20H26F2N4O3/c1-10(2)17(27)19(29)23-11(3)18(28)24-16-9-15(25-26-16)20(4,5)12-6-13(21)8-14(22)7-12/h6-11,17,27H,1-5H3,(H,23,29)(H2,24,25,26,28)/t11-,17-/m0/s1. The van der Waals surface area contributed by atoms with Crippen LogP contribution in [-0.4, -0.2) is 39.3 Å². The maximum Gasteiger partial charge on any atom is 0.249 e. The van der Waals surface area contributed by atoms with E-state index in [4.69, 9.17) is 0 Å². The predicted octanol–water partition coefficient (Wildman–Crippen LogP) is 2.47. The predicted molar refractivity (Wildman–Crippen MR) is 104 cm³/mol. The Bertz CT molecular complexity index is 875. The van der Waals surface area contributed by atoms with Crippen LogP contribution < -0.4 is 10.6 Å². The summed E-state index contributed by atoms with van der Waals surface area (Å²) in [5.74, 6) is -2.63. The third-order valence-electron chi connectivity index (χ3n) is 4.74. The Morgan fingerprint density at radius 1 is 1.07 bits per heavy atom. The molecule has 0 saturated carbocycles. The van der Waals surface area contributed by atoms with Crippen LogP contribution in [0.1, 0.15) is 45.9 Å². The van der Waals surface area contributed by atoms with Crippen molar-refractivity contribution >= 4 is 17.6 Å². The second kappa shape index (κ2) is 8.69. The number of aromatic nitrogens is 2. The molecule has 0 radical (unpaired) electrons. The Morgan fingerprint density at radius 2 is 1.66 bits per heavy atom. The van der Waals surface area contributed by atoms with Gasteiger partial charge in [-0.2, -0.15) is 5.10 Å². The van der Waals surface area contributed by atoms with E-state index in [0.29, 0.717) is 11.3 Å². The van der Waals surface area contributed by atoms with Gasteiger partial charge >= 0.3 is 0 Å². The fourth-order valence-corrected chi connectivity index (χ4v) is 2.68. The molecule has 0 aliphatic heterocycles. The van der Waals surface area contributed by atoms with Crippen molar-refractivity contribution in [3.8, 4) is 0 Å². The van der Waals surface area contributed by atoms with Crippen LogP contribution >= 0.6 is 0 Å². The molecule has 0 fully saturated rings. The summed E-state index contributed by atoms with van der Waals surface area (Å²) in [7, 11) is 0. The number of nitrogens with one attached hydrogen (secondary N) is 3. The lowest BCUT2D eigenvalue weighted by atomic mass is 9.81. The van der Waals surface area contributed by atoms with E-state index in [2.05, 4.69) is 20.8 Å². The Kier molecular flexibility index (Phi) is 6.73. The van der Waals surface area contributed by atoms with Crippen LogP contribution in [0.25, 0.3) is 0 Å². The lowest BCUT2D eigenvalue weighted by molar-refractivity contribution is -0.134. The van der Waals surface area contributed by atoms with Crippen molar-refractivity contribution in [2.45, 2.75) is 52.2 Å². The van der Waals surface area contributed by atoms with Crippen molar-refractivity contribution < 1.29 is 23.5 Å². The first kappa shape index (κ1) is 22.5.